The fourth-order valence-corrected chi connectivity index (χ4v) is 3.36. The number of aryl methyl sites for hydroxylation is 2. The molecule has 0 saturated heterocycles. The van der Waals surface area contributed by atoms with E-state index in [1.54, 1.807) is 18.5 Å². The highest BCUT2D eigenvalue weighted by Crippen LogP contribution is 2.28. The summed E-state index contributed by atoms with van der Waals surface area (Å²) in [4.78, 5) is 33.1. The molecule has 10 heteroatoms. The molecule has 28 heavy (non-hydrogen) atoms. The first-order valence-corrected chi connectivity index (χ1v) is 9.35. The standard InChI is InChI=1S/C18H20N4O5S/c1-8-13(28-7-21-8)6-26-14-4-11-12(5-20-14)27-10(3)15(11)18(25)22-9(2)16(23)17(19)24/h4-5,7,9,16,23H,6H2,1-3H3,(H2,19,24)(H,22,25)/t9-,16+/m0/s1. The molecule has 0 saturated carbocycles. The Bertz CT molecular complexity index is 1030. The second-order valence-electron chi connectivity index (χ2n) is 6.31. The molecule has 3 aromatic rings. The van der Waals surface area contributed by atoms with E-state index in [-0.39, 0.29) is 5.56 Å². The van der Waals surface area contributed by atoms with Crippen LogP contribution in [0, 0.1) is 13.8 Å². The molecule has 0 bridgehead atoms. The molecule has 0 aromatic carbocycles. The van der Waals surface area contributed by atoms with Crippen LogP contribution in [0.3, 0.4) is 0 Å². The molecule has 2 atom stereocenters. The number of nitrogens with two attached hydrogens (primary N) is 1. The molecule has 3 aromatic heterocycles. The topological polar surface area (TPSA) is 141 Å². The van der Waals surface area contributed by atoms with Crippen LogP contribution < -0.4 is 15.8 Å². The van der Waals surface area contributed by atoms with Crippen molar-refractivity contribution in [2.75, 3.05) is 0 Å². The van der Waals surface area contributed by atoms with Crippen molar-refractivity contribution in [3.05, 3.63) is 39.7 Å². The molecule has 0 aliphatic rings. The quantitative estimate of drug-likeness (QED) is 0.541. The maximum Gasteiger partial charge on any atom is 0.255 e. The first kappa shape index (κ1) is 19.8. The van der Waals surface area contributed by atoms with E-state index in [9.17, 15) is 14.7 Å². The lowest BCUT2D eigenvalue weighted by Crippen LogP contribution is -2.47. The first-order valence-electron chi connectivity index (χ1n) is 8.47. The molecule has 0 spiro atoms. The number of ether oxygens (including phenoxy) is 1. The maximum absolute atomic E-state index is 12.7. The van der Waals surface area contributed by atoms with Crippen molar-refractivity contribution in [3.8, 4) is 5.88 Å². The average Bonchev–Trinajstić information content (AvgIpc) is 3.20. The predicted molar refractivity (Wildman–Crippen MR) is 102 cm³/mol. The molecule has 3 heterocycles. The zero-order valence-electron chi connectivity index (χ0n) is 15.6. The van der Waals surface area contributed by atoms with Crippen molar-refractivity contribution in [1.29, 1.82) is 0 Å². The smallest absolute Gasteiger partial charge is 0.255 e. The Kier molecular flexibility index (Phi) is 5.61. The van der Waals surface area contributed by atoms with Gasteiger partial charge in [-0.15, -0.1) is 11.3 Å². The fraction of sp³-hybridized carbons (Fsp3) is 0.333. The third kappa shape index (κ3) is 3.97. The zero-order chi connectivity index (χ0) is 20.4. The lowest BCUT2D eigenvalue weighted by Gasteiger charge is -2.17. The number of rotatable bonds is 7. The van der Waals surface area contributed by atoms with Gasteiger partial charge >= 0.3 is 0 Å². The molecular weight excluding hydrogens is 384 g/mol. The van der Waals surface area contributed by atoms with Gasteiger partial charge in [0.05, 0.1) is 33.9 Å². The number of primary amides is 1. The van der Waals surface area contributed by atoms with E-state index < -0.39 is 24.0 Å². The van der Waals surface area contributed by atoms with Gasteiger partial charge in [0, 0.05) is 11.5 Å². The van der Waals surface area contributed by atoms with Crippen LogP contribution >= 0.6 is 11.3 Å². The van der Waals surface area contributed by atoms with E-state index in [1.807, 2.05) is 6.92 Å². The molecule has 3 rings (SSSR count). The zero-order valence-corrected chi connectivity index (χ0v) is 16.4. The van der Waals surface area contributed by atoms with Gasteiger partial charge in [-0.3, -0.25) is 9.59 Å². The van der Waals surface area contributed by atoms with Crippen molar-refractivity contribution in [2.45, 2.75) is 39.5 Å². The van der Waals surface area contributed by atoms with Gasteiger partial charge in [-0.1, -0.05) is 0 Å². The first-order chi connectivity index (χ1) is 13.3. The van der Waals surface area contributed by atoms with Crippen LogP contribution in [0.2, 0.25) is 0 Å². The van der Waals surface area contributed by atoms with Crippen molar-refractivity contribution >= 4 is 34.1 Å². The van der Waals surface area contributed by atoms with Crippen LogP contribution in [-0.2, 0) is 11.4 Å². The van der Waals surface area contributed by atoms with E-state index in [4.69, 9.17) is 14.9 Å². The van der Waals surface area contributed by atoms with E-state index in [0.717, 1.165) is 10.6 Å². The van der Waals surface area contributed by atoms with Crippen LogP contribution in [0.4, 0.5) is 0 Å². The molecule has 0 radical (unpaired) electrons. The van der Waals surface area contributed by atoms with Gasteiger partial charge in [-0.2, -0.15) is 0 Å². The summed E-state index contributed by atoms with van der Waals surface area (Å²) in [7, 11) is 0. The minimum absolute atomic E-state index is 0.278. The number of aliphatic hydroxyl groups excluding tert-OH is 1. The van der Waals surface area contributed by atoms with Gasteiger partial charge in [0.2, 0.25) is 11.8 Å². The normalized spacial score (nSPS) is 13.3. The number of hydrogen-bond acceptors (Lipinski definition) is 8. The van der Waals surface area contributed by atoms with Crippen LogP contribution in [-0.4, -0.2) is 39.0 Å². The SMILES string of the molecule is Cc1ncsc1COc1cc2c(C(=O)N[C@@H](C)[C@@H](O)C(N)=O)c(C)oc2cn1. The summed E-state index contributed by atoms with van der Waals surface area (Å²) in [5.74, 6) is -0.704. The van der Waals surface area contributed by atoms with Gasteiger partial charge in [-0.05, 0) is 20.8 Å². The van der Waals surface area contributed by atoms with Crippen molar-refractivity contribution in [1.82, 2.24) is 15.3 Å². The molecule has 2 amide bonds. The summed E-state index contributed by atoms with van der Waals surface area (Å²) in [6, 6.07) is 0.757. The summed E-state index contributed by atoms with van der Waals surface area (Å²) in [6.45, 7) is 5.34. The highest BCUT2D eigenvalue weighted by Gasteiger charge is 2.25. The van der Waals surface area contributed by atoms with Gasteiger partial charge in [-0.25, -0.2) is 9.97 Å². The monoisotopic (exact) mass is 404 g/mol. The molecule has 0 unspecified atom stereocenters. The van der Waals surface area contributed by atoms with E-state index in [1.165, 1.54) is 24.5 Å². The Hall–Kier alpha value is -2.98. The summed E-state index contributed by atoms with van der Waals surface area (Å²) < 4.78 is 11.3. The molecule has 0 aliphatic carbocycles. The largest absolute Gasteiger partial charge is 0.472 e. The number of nitrogens with one attached hydrogen (secondary N) is 1. The lowest BCUT2D eigenvalue weighted by molar-refractivity contribution is -0.127. The van der Waals surface area contributed by atoms with Crippen LogP contribution in [0.15, 0.2) is 22.2 Å². The Balaban J connectivity index is 1.83. The number of thiazole rings is 1. The van der Waals surface area contributed by atoms with Crippen molar-refractivity contribution < 1.29 is 23.8 Å². The van der Waals surface area contributed by atoms with Crippen molar-refractivity contribution in [2.24, 2.45) is 5.73 Å². The number of hydrogen-bond donors (Lipinski definition) is 3. The highest BCUT2D eigenvalue weighted by molar-refractivity contribution is 7.09. The van der Waals surface area contributed by atoms with Crippen molar-refractivity contribution in [3.63, 3.8) is 0 Å². The van der Waals surface area contributed by atoms with Gasteiger partial charge in [0.15, 0.2) is 11.7 Å². The summed E-state index contributed by atoms with van der Waals surface area (Å²) in [6.07, 6.45) is -0.0130. The number of carbonyl (C=O) groups is 2. The Labute approximate surface area is 164 Å². The number of pyridine rings is 1. The third-order valence-corrected chi connectivity index (χ3v) is 5.18. The number of carbonyl (C=O) groups excluding carboxylic acids is 2. The van der Waals surface area contributed by atoms with Crippen LogP contribution in [0.1, 0.15) is 33.6 Å². The number of aromatic nitrogens is 2. The number of aliphatic hydroxyl groups is 1. The van der Waals surface area contributed by atoms with Crippen LogP contribution in [0.25, 0.3) is 11.0 Å². The maximum atomic E-state index is 12.7. The number of furan rings is 1. The summed E-state index contributed by atoms with van der Waals surface area (Å²) in [5, 5.41) is 12.8. The minimum atomic E-state index is -1.49. The predicted octanol–water partition coefficient (Wildman–Crippen LogP) is 1.44. The number of fused-ring (bicyclic) bond motifs is 1. The fourth-order valence-electron chi connectivity index (χ4n) is 2.68. The summed E-state index contributed by atoms with van der Waals surface area (Å²) >= 11 is 1.49. The average molecular weight is 404 g/mol. The van der Waals surface area contributed by atoms with Gasteiger partial charge in [0.1, 0.15) is 12.4 Å². The summed E-state index contributed by atoms with van der Waals surface area (Å²) in [5.41, 5.74) is 8.41. The second-order valence-corrected chi connectivity index (χ2v) is 7.25. The van der Waals surface area contributed by atoms with E-state index >= 15 is 0 Å². The Morgan fingerprint density at radius 1 is 1.39 bits per heavy atom. The van der Waals surface area contributed by atoms with Crippen LogP contribution in [0.5, 0.6) is 5.88 Å². The second kappa shape index (κ2) is 7.95. The van der Waals surface area contributed by atoms with Gasteiger partial charge in [0.25, 0.3) is 5.91 Å². The third-order valence-electron chi connectivity index (χ3n) is 4.27. The molecule has 9 nitrogen and oxygen atoms in total. The lowest BCUT2D eigenvalue weighted by atomic mass is 10.1. The highest BCUT2D eigenvalue weighted by atomic mass is 32.1. The Morgan fingerprint density at radius 3 is 2.79 bits per heavy atom. The van der Waals surface area contributed by atoms with Gasteiger partial charge < -0.3 is 25.3 Å². The molecule has 0 fully saturated rings. The minimum Gasteiger partial charge on any atom is -0.472 e. The molecule has 0 aliphatic heterocycles. The number of nitrogens with zero attached hydrogens (tertiary/aromatic N) is 2. The number of amides is 2. The molecule has 148 valence electrons. The molecular formula is C18H20N4O5S. The van der Waals surface area contributed by atoms with E-state index in [0.29, 0.717) is 29.2 Å². The van der Waals surface area contributed by atoms with E-state index in [2.05, 4.69) is 15.3 Å². The molecule has 4 N–H and O–H groups in total. The Morgan fingerprint density at radius 2 is 2.14 bits per heavy atom.